The third-order valence-corrected chi connectivity index (χ3v) is 4.18. The van der Waals surface area contributed by atoms with E-state index in [4.69, 9.17) is 4.74 Å². The Labute approximate surface area is 145 Å². The molecule has 0 radical (unpaired) electrons. The van der Waals surface area contributed by atoms with Crippen molar-refractivity contribution in [1.29, 1.82) is 0 Å². The van der Waals surface area contributed by atoms with Crippen molar-refractivity contribution in [3.63, 3.8) is 0 Å². The molecule has 1 saturated heterocycles. The highest BCUT2D eigenvalue weighted by Crippen LogP contribution is 2.26. The fourth-order valence-electron chi connectivity index (χ4n) is 2.88. The number of anilines is 1. The second-order valence-corrected chi connectivity index (χ2v) is 5.80. The molecule has 0 saturated carbocycles. The monoisotopic (exact) mass is 343 g/mol. The zero-order valence-electron chi connectivity index (χ0n) is 14.2. The van der Waals surface area contributed by atoms with Crippen LogP contribution in [0, 0.1) is 0 Å². The van der Waals surface area contributed by atoms with Crippen LogP contribution in [0.2, 0.25) is 0 Å². The molecule has 132 valence electrons. The number of urea groups is 1. The van der Waals surface area contributed by atoms with Crippen LogP contribution in [-0.2, 0) is 11.8 Å². The van der Waals surface area contributed by atoms with E-state index in [-0.39, 0.29) is 24.4 Å². The average Bonchev–Trinajstić information content (AvgIpc) is 2.85. The van der Waals surface area contributed by atoms with Crippen LogP contribution in [0.15, 0.2) is 36.4 Å². The van der Waals surface area contributed by atoms with Crippen molar-refractivity contribution in [3.8, 4) is 5.88 Å². The normalized spacial score (nSPS) is 17.6. The van der Waals surface area contributed by atoms with Crippen molar-refractivity contribution < 1.29 is 14.3 Å². The molecule has 1 aliphatic heterocycles. The molecule has 3 rings (SSSR count). The fraction of sp³-hybridized carbons (Fsp3) is 0.353. The number of carbonyl (C=O) groups is 2. The highest BCUT2D eigenvalue weighted by atomic mass is 16.5. The van der Waals surface area contributed by atoms with E-state index in [1.807, 2.05) is 30.3 Å². The van der Waals surface area contributed by atoms with Gasteiger partial charge in [-0.15, -0.1) is 5.10 Å². The predicted molar refractivity (Wildman–Crippen MR) is 92.3 cm³/mol. The zero-order chi connectivity index (χ0) is 17.8. The van der Waals surface area contributed by atoms with Gasteiger partial charge in [0, 0.05) is 26.2 Å². The largest absolute Gasteiger partial charge is 0.480 e. The van der Waals surface area contributed by atoms with Gasteiger partial charge in [-0.2, -0.15) is 0 Å². The van der Waals surface area contributed by atoms with E-state index in [9.17, 15) is 9.59 Å². The molecule has 8 nitrogen and oxygen atoms in total. The standard InChI is InChI=1S/C17H21N5O3/c1-21-14(11-16(20-21)25-2)19-17(24)22-9-8-18-15(23)10-13(22)12-6-4-3-5-7-12/h3-7,11,13H,8-10H2,1-2H3,(H,18,23)(H,19,24). The van der Waals surface area contributed by atoms with Crippen molar-refractivity contribution >= 4 is 17.8 Å². The summed E-state index contributed by atoms with van der Waals surface area (Å²) in [5.41, 5.74) is 0.928. The number of hydrogen-bond donors (Lipinski definition) is 2. The number of benzene rings is 1. The minimum absolute atomic E-state index is 0.0636. The number of carbonyl (C=O) groups excluding carboxylic acids is 2. The van der Waals surface area contributed by atoms with Crippen LogP contribution in [0.5, 0.6) is 5.88 Å². The fourth-order valence-corrected chi connectivity index (χ4v) is 2.88. The molecule has 1 unspecified atom stereocenters. The Morgan fingerprint density at radius 2 is 2.12 bits per heavy atom. The molecule has 2 heterocycles. The van der Waals surface area contributed by atoms with E-state index in [2.05, 4.69) is 15.7 Å². The molecule has 8 heteroatoms. The van der Waals surface area contributed by atoms with Crippen LogP contribution < -0.4 is 15.4 Å². The molecule has 0 aliphatic carbocycles. The number of ether oxygens (including phenoxy) is 1. The second kappa shape index (κ2) is 7.25. The third kappa shape index (κ3) is 3.73. The lowest BCUT2D eigenvalue weighted by Crippen LogP contribution is -2.39. The molecular weight excluding hydrogens is 322 g/mol. The molecule has 1 aromatic heterocycles. The number of aryl methyl sites for hydroxylation is 1. The summed E-state index contributed by atoms with van der Waals surface area (Å²) in [7, 11) is 3.24. The molecule has 0 spiro atoms. The quantitative estimate of drug-likeness (QED) is 0.884. The summed E-state index contributed by atoms with van der Waals surface area (Å²) in [6.07, 6.45) is 0.228. The third-order valence-electron chi connectivity index (χ3n) is 4.18. The SMILES string of the molecule is COc1cc(NC(=O)N2CCNC(=O)CC2c2ccccc2)n(C)n1. The van der Waals surface area contributed by atoms with Gasteiger partial charge in [-0.1, -0.05) is 30.3 Å². The highest BCUT2D eigenvalue weighted by molar-refractivity contribution is 5.90. The van der Waals surface area contributed by atoms with Gasteiger partial charge in [-0.25, -0.2) is 9.48 Å². The number of nitrogens with one attached hydrogen (secondary N) is 2. The van der Waals surface area contributed by atoms with E-state index in [0.29, 0.717) is 24.8 Å². The van der Waals surface area contributed by atoms with Gasteiger partial charge >= 0.3 is 6.03 Å². The Morgan fingerprint density at radius 1 is 1.36 bits per heavy atom. The lowest BCUT2D eigenvalue weighted by Gasteiger charge is -2.29. The first-order chi connectivity index (χ1) is 12.1. The van der Waals surface area contributed by atoms with Gasteiger partial charge in [0.1, 0.15) is 5.82 Å². The first-order valence-corrected chi connectivity index (χ1v) is 8.06. The Kier molecular flexibility index (Phi) is 4.87. The van der Waals surface area contributed by atoms with Crippen molar-refractivity contribution in [2.45, 2.75) is 12.5 Å². The molecule has 1 fully saturated rings. The number of nitrogens with zero attached hydrogens (tertiary/aromatic N) is 3. The number of methoxy groups -OCH3 is 1. The van der Waals surface area contributed by atoms with Gasteiger partial charge in [-0.3, -0.25) is 10.1 Å². The minimum Gasteiger partial charge on any atom is -0.480 e. The maximum Gasteiger partial charge on any atom is 0.323 e. The van der Waals surface area contributed by atoms with Gasteiger partial charge in [0.15, 0.2) is 0 Å². The first kappa shape index (κ1) is 16.8. The highest BCUT2D eigenvalue weighted by Gasteiger charge is 2.30. The maximum atomic E-state index is 12.9. The molecule has 1 aliphatic rings. The minimum atomic E-state index is -0.321. The van der Waals surface area contributed by atoms with Crippen molar-refractivity contribution in [3.05, 3.63) is 42.0 Å². The summed E-state index contributed by atoms with van der Waals surface area (Å²) in [6.45, 7) is 0.844. The van der Waals surface area contributed by atoms with Gasteiger partial charge in [-0.05, 0) is 5.56 Å². The summed E-state index contributed by atoms with van der Waals surface area (Å²) in [6, 6.07) is 10.6. The molecule has 3 amide bonds. The second-order valence-electron chi connectivity index (χ2n) is 5.80. The Morgan fingerprint density at radius 3 is 2.80 bits per heavy atom. The van der Waals surface area contributed by atoms with Crippen molar-refractivity contribution in [1.82, 2.24) is 20.0 Å². The molecule has 2 aromatic rings. The maximum absolute atomic E-state index is 12.9. The first-order valence-electron chi connectivity index (χ1n) is 8.06. The predicted octanol–water partition coefficient (Wildman–Crippen LogP) is 1.52. The number of amides is 3. The van der Waals surface area contributed by atoms with E-state index < -0.39 is 0 Å². The van der Waals surface area contributed by atoms with Crippen LogP contribution in [-0.4, -0.2) is 46.8 Å². The van der Waals surface area contributed by atoms with E-state index in [1.54, 1.807) is 18.0 Å². The summed E-state index contributed by atoms with van der Waals surface area (Å²) >= 11 is 0. The molecule has 25 heavy (non-hydrogen) atoms. The Bertz CT molecular complexity index is 759. The summed E-state index contributed by atoms with van der Waals surface area (Å²) in [5, 5.41) is 9.79. The van der Waals surface area contributed by atoms with Crippen molar-refractivity contribution in [2.24, 2.45) is 7.05 Å². The summed E-state index contributed by atoms with van der Waals surface area (Å²) < 4.78 is 6.61. The summed E-state index contributed by atoms with van der Waals surface area (Å²) in [5.74, 6) is 0.883. The van der Waals surface area contributed by atoms with Gasteiger partial charge < -0.3 is 15.0 Å². The Hall–Kier alpha value is -3.03. The number of rotatable bonds is 3. The zero-order valence-corrected chi connectivity index (χ0v) is 14.2. The lowest BCUT2D eigenvalue weighted by molar-refractivity contribution is -0.121. The summed E-state index contributed by atoms with van der Waals surface area (Å²) in [4.78, 5) is 26.5. The molecule has 0 bridgehead atoms. The van der Waals surface area contributed by atoms with Crippen LogP contribution in [0.3, 0.4) is 0 Å². The van der Waals surface area contributed by atoms with Crippen LogP contribution in [0.25, 0.3) is 0 Å². The van der Waals surface area contributed by atoms with E-state index in [0.717, 1.165) is 5.56 Å². The van der Waals surface area contributed by atoms with Crippen molar-refractivity contribution in [2.75, 3.05) is 25.5 Å². The van der Waals surface area contributed by atoms with E-state index >= 15 is 0 Å². The average molecular weight is 343 g/mol. The smallest absolute Gasteiger partial charge is 0.323 e. The number of aromatic nitrogens is 2. The topological polar surface area (TPSA) is 88.5 Å². The lowest BCUT2D eigenvalue weighted by atomic mass is 10.0. The van der Waals surface area contributed by atoms with Crippen LogP contribution >= 0.6 is 0 Å². The molecular formula is C17H21N5O3. The molecule has 1 aromatic carbocycles. The van der Waals surface area contributed by atoms with Gasteiger partial charge in [0.05, 0.1) is 19.6 Å². The molecule has 2 N–H and O–H groups in total. The van der Waals surface area contributed by atoms with E-state index in [1.165, 1.54) is 11.8 Å². The van der Waals surface area contributed by atoms with Gasteiger partial charge in [0.2, 0.25) is 11.8 Å². The van der Waals surface area contributed by atoms with Crippen LogP contribution in [0.1, 0.15) is 18.0 Å². The molecule has 1 atom stereocenters. The van der Waals surface area contributed by atoms with Gasteiger partial charge in [0.25, 0.3) is 0 Å². The van der Waals surface area contributed by atoms with Crippen LogP contribution in [0.4, 0.5) is 10.6 Å². The Balaban J connectivity index is 1.84. The number of hydrogen-bond acceptors (Lipinski definition) is 4.